The van der Waals surface area contributed by atoms with E-state index in [1.165, 1.54) is 22.3 Å². The van der Waals surface area contributed by atoms with Crippen LogP contribution in [0.4, 0.5) is 0 Å². The summed E-state index contributed by atoms with van der Waals surface area (Å²) in [5, 5.41) is 10.7. The lowest BCUT2D eigenvalue weighted by atomic mass is 9.79. The second-order valence-corrected chi connectivity index (χ2v) is 7.01. The van der Waals surface area contributed by atoms with Gasteiger partial charge in [-0.25, -0.2) is 0 Å². The van der Waals surface area contributed by atoms with Crippen molar-refractivity contribution >= 4 is 0 Å². The van der Waals surface area contributed by atoms with Gasteiger partial charge >= 0.3 is 0 Å². The maximum Gasteiger partial charge on any atom is 0.119 e. The van der Waals surface area contributed by atoms with Crippen LogP contribution in [0.2, 0.25) is 0 Å². The van der Waals surface area contributed by atoms with Crippen LogP contribution in [0.3, 0.4) is 0 Å². The second kappa shape index (κ2) is 6.56. The molecule has 0 spiro atoms. The van der Waals surface area contributed by atoms with Gasteiger partial charge in [-0.1, -0.05) is 71.9 Å². The molecule has 1 N–H and O–H groups in total. The highest BCUT2D eigenvalue weighted by Crippen LogP contribution is 2.44. The maximum atomic E-state index is 10.7. The van der Waals surface area contributed by atoms with Crippen LogP contribution >= 0.6 is 0 Å². The Morgan fingerprint density at radius 2 is 1.18 bits per heavy atom. The molecular formula is C21H28O. The number of phenolic OH excluding ortho intramolecular Hbond substituents is 1. The molecule has 0 aliphatic rings. The third kappa shape index (κ3) is 3.04. The van der Waals surface area contributed by atoms with E-state index in [0.717, 1.165) is 5.56 Å². The zero-order valence-electron chi connectivity index (χ0n) is 14.6. The van der Waals surface area contributed by atoms with Gasteiger partial charge < -0.3 is 5.11 Å². The molecule has 118 valence electrons. The van der Waals surface area contributed by atoms with Gasteiger partial charge in [-0.05, 0) is 46.1 Å². The summed E-state index contributed by atoms with van der Waals surface area (Å²) in [6.45, 7) is 13.3. The molecule has 0 saturated carbocycles. The van der Waals surface area contributed by atoms with Crippen molar-refractivity contribution in [3.63, 3.8) is 0 Å². The van der Waals surface area contributed by atoms with Gasteiger partial charge in [-0.15, -0.1) is 0 Å². The van der Waals surface area contributed by atoms with E-state index in [0.29, 0.717) is 23.5 Å². The first-order chi connectivity index (χ1) is 10.3. The topological polar surface area (TPSA) is 20.2 Å². The van der Waals surface area contributed by atoms with Crippen LogP contribution in [0, 0.1) is 0 Å². The van der Waals surface area contributed by atoms with Crippen molar-refractivity contribution in [1.29, 1.82) is 0 Å². The maximum absolute atomic E-state index is 10.7. The molecule has 0 aliphatic carbocycles. The van der Waals surface area contributed by atoms with Gasteiger partial charge in [0.1, 0.15) is 5.75 Å². The predicted molar refractivity (Wildman–Crippen MR) is 95.8 cm³/mol. The van der Waals surface area contributed by atoms with Crippen LogP contribution in [0.5, 0.6) is 5.75 Å². The van der Waals surface area contributed by atoms with Gasteiger partial charge in [0.15, 0.2) is 0 Å². The zero-order valence-corrected chi connectivity index (χ0v) is 14.6. The summed E-state index contributed by atoms with van der Waals surface area (Å²) in [7, 11) is 0. The Kier molecular flexibility index (Phi) is 4.95. The highest BCUT2D eigenvalue weighted by Gasteiger charge is 2.23. The minimum Gasteiger partial charge on any atom is -0.508 e. The minimum absolute atomic E-state index is 0.319. The highest BCUT2D eigenvalue weighted by molar-refractivity contribution is 5.73. The summed E-state index contributed by atoms with van der Waals surface area (Å²) in [6, 6.07) is 12.4. The van der Waals surface area contributed by atoms with Crippen molar-refractivity contribution in [2.45, 2.75) is 59.3 Å². The summed E-state index contributed by atoms with van der Waals surface area (Å²) in [5.74, 6) is 1.57. The fourth-order valence-electron chi connectivity index (χ4n) is 3.43. The summed E-state index contributed by atoms with van der Waals surface area (Å²) >= 11 is 0. The van der Waals surface area contributed by atoms with Crippen molar-refractivity contribution in [2.75, 3.05) is 0 Å². The number of benzene rings is 2. The normalized spacial score (nSPS) is 11.7. The van der Waals surface area contributed by atoms with Crippen LogP contribution < -0.4 is 0 Å². The molecule has 2 aromatic carbocycles. The first-order valence-corrected chi connectivity index (χ1v) is 8.29. The van der Waals surface area contributed by atoms with Crippen molar-refractivity contribution in [2.24, 2.45) is 0 Å². The van der Waals surface area contributed by atoms with Crippen molar-refractivity contribution in [3.8, 4) is 16.9 Å². The number of hydrogen-bond donors (Lipinski definition) is 1. The smallest absolute Gasteiger partial charge is 0.119 e. The van der Waals surface area contributed by atoms with Crippen LogP contribution in [0.15, 0.2) is 36.4 Å². The third-order valence-corrected chi connectivity index (χ3v) is 4.24. The largest absolute Gasteiger partial charge is 0.508 e. The van der Waals surface area contributed by atoms with Crippen molar-refractivity contribution in [3.05, 3.63) is 53.1 Å². The molecule has 0 bridgehead atoms. The summed E-state index contributed by atoms with van der Waals surface area (Å²) in [6.07, 6.45) is 0. The molecule has 22 heavy (non-hydrogen) atoms. The van der Waals surface area contributed by atoms with E-state index < -0.39 is 0 Å². The predicted octanol–water partition coefficient (Wildman–Crippen LogP) is 6.43. The number of phenols is 1. The van der Waals surface area contributed by atoms with Gasteiger partial charge in [0, 0.05) is 5.56 Å². The Balaban J connectivity index is 2.86. The lowest BCUT2D eigenvalue weighted by molar-refractivity contribution is 0.462. The lowest BCUT2D eigenvalue weighted by Crippen LogP contribution is -2.08. The van der Waals surface area contributed by atoms with E-state index in [9.17, 15) is 5.11 Å². The van der Waals surface area contributed by atoms with Crippen LogP contribution in [0.25, 0.3) is 11.1 Å². The SMILES string of the molecule is CC(C)c1c(O)cc(-c2ccccc2)c(C(C)C)c1C(C)C. The average Bonchev–Trinajstić information content (AvgIpc) is 2.46. The average molecular weight is 296 g/mol. The number of rotatable bonds is 4. The molecule has 0 atom stereocenters. The highest BCUT2D eigenvalue weighted by atomic mass is 16.3. The standard InChI is InChI=1S/C21H28O/c1-13(2)19-17(16-10-8-7-9-11-16)12-18(22)20(14(3)4)21(19)15(5)6/h7-15,22H,1-6H3. The van der Waals surface area contributed by atoms with Gasteiger partial charge in [-0.2, -0.15) is 0 Å². The zero-order chi connectivity index (χ0) is 16.4. The molecule has 0 heterocycles. The molecule has 2 aromatic rings. The monoisotopic (exact) mass is 296 g/mol. The third-order valence-electron chi connectivity index (χ3n) is 4.24. The Morgan fingerprint density at radius 1 is 0.682 bits per heavy atom. The molecule has 0 unspecified atom stereocenters. The van der Waals surface area contributed by atoms with Crippen LogP contribution in [0.1, 0.15) is 76.0 Å². The Morgan fingerprint density at radius 3 is 1.64 bits per heavy atom. The lowest BCUT2D eigenvalue weighted by Gasteiger charge is -2.26. The molecule has 0 amide bonds. The van der Waals surface area contributed by atoms with Crippen LogP contribution in [-0.4, -0.2) is 5.11 Å². The van der Waals surface area contributed by atoms with E-state index in [2.05, 4.69) is 65.8 Å². The molecule has 0 aliphatic heterocycles. The Hall–Kier alpha value is -1.76. The summed E-state index contributed by atoms with van der Waals surface area (Å²) in [5.41, 5.74) is 6.16. The van der Waals surface area contributed by atoms with E-state index in [4.69, 9.17) is 0 Å². The number of aromatic hydroxyl groups is 1. The molecule has 0 fully saturated rings. The van der Waals surface area contributed by atoms with Gasteiger partial charge in [0.2, 0.25) is 0 Å². The fourth-order valence-corrected chi connectivity index (χ4v) is 3.43. The molecule has 0 radical (unpaired) electrons. The molecule has 1 nitrogen and oxygen atoms in total. The first kappa shape index (κ1) is 16.6. The molecule has 2 rings (SSSR count). The quantitative estimate of drug-likeness (QED) is 0.689. The van der Waals surface area contributed by atoms with E-state index >= 15 is 0 Å². The van der Waals surface area contributed by atoms with Gasteiger partial charge in [0.25, 0.3) is 0 Å². The van der Waals surface area contributed by atoms with Gasteiger partial charge in [0.05, 0.1) is 0 Å². The Labute approximate surface area is 135 Å². The molecular weight excluding hydrogens is 268 g/mol. The summed E-state index contributed by atoms with van der Waals surface area (Å²) < 4.78 is 0. The first-order valence-electron chi connectivity index (χ1n) is 8.29. The Bertz CT molecular complexity index is 637. The fraction of sp³-hybridized carbons (Fsp3) is 0.429. The molecule has 1 heteroatoms. The van der Waals surface area contributed by atoms with Crippen molar-refractivity contribution < 1.29 is 5.11 Å². The summed E-state index contributed by atoms with van der Waals surface area (Å²) in [4.78, 5) is 0. The van der Waals surface area contributed by atoms with Crippen molar-refractivity contribution in [1.82, 2.24) is 0 Å². The molecule has 0 saturated heterocycles. The molecule has 0 aromatic heterocycles. The number of hydrogen-bond acceptors (Lipinski definition) is 1. The van der Waals surface area contributed by atoms with Crippen LogP contribution in [-0.2, 0) is 0 Å². The van der Waals surface area contributed by atoms with E-state index in [1.807, 2.05) is 12.1 Å². The van der Waals surface area contributed by atoms with E-state index in [-0.39, 0.29) is 0 Å². The minimum atomic E-state index is 0.319. The van der Waals surface area contributed by atoms with Gasteiger partial charge in [-0.3, -0.25) is 0 Å². The second-order valence-electron chi connectivity index (χ2n) is 7.01. The van der Waals surface area contributed by atoms with E-state index in [1.54, 1.807) is 0 Å².